The zero-order chi connectivity index (χ0) is 16.3. The Hall–Kier alpha value is -2.62. The van der Waals surface area contributed by atoms with Crippen LogP contribution in [0.4, 0.5) is 0 Å². The number of carbonyl (C=O) groups is 2. The van der Waals surface area contributed by atoms with Crippen LogP contribution >= 0.6 is 0 Å². The Morgan fingerprint density at radius 2 is 1.70 bits per heavy atom. The second kappa shape index (κ2) is 6.24. The van der Waals surface area contributed by atoms with E-state index in [0.29, 0.717) is 12.8 Å². The molecule has 0 saturated carbocycles. The van der Waals surface area contributed by atoms with E-state index in [4.69, 9.17) is 4.74 Å². The van der Waals surface area contributed by atoms with E-state index >= 15 is 0 Å². The first-order valence-corrected chi connectivity index (χ1v) is 7.64. The molecule has 23 heavy (non-hydrogen) atoms. The van der Waals surface area contributed by atoms with E-state index in [2.05, 4.69) is 0 Å². The lowest BCUT2D eigenvalue weighted by Gasteiger charge is -2.36. The second-order valence-corrected chi connectivity index (χ2v) is 5.89. The molecule has 1 heterocycles. The lowest BCUT2D eigenvalue weighted by atomic mass is 9.81. The zero-order valence-corrected chi connectivity index (χ0v) is 12.7. The van der Waals surface area contributed by atoms with Crippen molar-refractivity contribution >= 4 is 11.8 Å². The van der Waals surface area contributed by atoms with Gasteiger partial charge in [0.2, 0.25) is 0 Å². The summed E-state index contributed by atoms with van der Waals surface area (Å²) in [5.41, 5.74) is 0.971. The van der Waals surface area contributed by atoms with Gasteiger partial charge in [-0.2, -0.15) is 0 Å². The van der Waals surface area contributed by atoms with E-state index in [1.807, 2.05) is 42.5 Å². The van der Waals surface area contributed by atoms with Crippen molar-refractivity contribution in [2.24, 2.45) is 0 Å². The number of phenolic OH excluding ortho intramolecular Hbond substituents is 1. The summed E-state index contributed by atoms with van der Waals surface area (Å²) < 4.78 is 5.67. The summed E-state index contributed by atoms with van der Waals surface area (Å²) in [5.74, 6) is -0.336. The number of rotatable bonds is 4. The molecule has 2 aromatic rings. The maximum atomic E-state index is 12.0. The molecule has 0 aromatic heterocycles. The minimum atomic E-state index is -0.897. The van der Waals surface area contributed by atoms with Crippen LogP contribution in [0.5, 0.6) is 5.75 Å². The van der Waals surface area contributed by atoms with Gasteiger partial charge >= 0.3 is 5.97 Å². The highest BCUT2D eigenvalue weighted by Crippen LogP contribution is 2.38. The zero-order valence-electron chi connectivity index (χ0n) is 12.7. The number of esters is 1. The van der Waals surface area contributed by atoms with Crippen molar-refractivity contribution in [3.05, 3.63) is 65.7 Å². The Kier molecular flexibility index (Phi) is 4.15. The average molecular weight is 310 g/mol. The summed E-state index contributed by atoms with van der Waals surface area (Å²) in [6, 6.07) is 16.4. The first kappa shape index (κ1) is 15.3. The summed E-state index contributed by atoms with van der Waals surface area (Å²) in [7, 11) is 0. The summed E-state index contributed by atoms with van der Waals surface area (Å²) in [6.07, 6.45) is 1.24. The molecule has 0 amide bonds. The van der Waals surface area contributed by atoms with Gasteiger partial charge in [-0.3, -0.25) is 9.59 Å². The number of hydrogen-bond donors (Lipinski definition) is 1. The van der Waals surface area contributed by atoms with Gasteiger partial charge in [0.05, 0.1) is 6.42 Å². The molecule has 4 heteroatoms. The monoisotopic (exact) mass is 310 g/mol. The van der Waals surface area contributed by atoms with Crippen LogP contribution in [0.3, 0.4) is 0 Å². The fraction of sp³-hybridized carbons (Fsp3) is 0.263. The Balaban J connectivity index is 1.88. The number of aromatic hydroxyl groups is 1. The molecule has 0 bridgehead atoms. The van der Waals surface area contributed by atoms with Crippen molar-refractivity contribution in [2.45, 2.75) is 31.3 Å². The molecule has 1 aliphatic heterocycles. The molecule has 0 aliphatic carbocycles. The first-order chi connectivity index (χ1) is 11.1. The van der Waals surface area contributed by atoms with Crippen molar-refractivity contribution in [3.8, 4) is 5.75 Å². The highest BCUT2D eigenvalue weighted by atomic mass is 16.6. The van der Waals surface area contributed by atoms with E-state index in [1.165, 1.54) is 0 Å². The quantitative estimate of drug-likeness (QED) is 0.696. The number of benzene rings is 2. The van der Waals surface area contributed by atoms with Crippen LogP contribution in [0.25, 0.3) is 0 Å². The summed E-state index contributed by atoms with van der Waals surface area (Å²) >= 11 is 0. The minimum absolute atomic E-state index is 0.0872. The predicted octanol–water partition coefficient (Wildman–Crippen LogP) is 3.13. The van der Waals surface area contributed by atoms with Crippen molar-refractivity contribution in [3.63, 3.8) is 0 Å². The molecule has 1 fully saturated rings. The molecule has 118 valence electrons. The standard InChI is InChI=1S/C19H18O4/c20-16-8-6-14(7-9-16)10-11-19(15-4-2-1-3-5-15)13-17(21)12-18(22)23-19/h1-9,20H,10-13H2. The molecule has 0 radical (unpaired) electrons. The Labute approximate surface area is 134 Å². The number of ketones is 1. The summed E-state index contributed by atoms with van der Waals surface area (Å²) in [6.45, 7) is 0. The lowest BCUT2D eigenvalue weighted by Crippen LogP contribution is -2.40. The third-order valence-corrected chi connectivity index (χ3v) is 4.19. The predicted molar refractivity (Wildman–Crippen MR) is 84.9 cm³/mol. The van der Waals surface area contributed by atoms with Crippen molar-refractivity contribution < 1.29 is 19.4 Å². The van der Waals surface area contributed by atoms with Gasteiger partial charge in [-0.1, -0.05) is 42.5 Å². The molecule has 1 unspecified atom stereocenters. The van der Waals surface area contributed by atoms with Gasteiger partial charge in [-0.15, -0.1) is 0 Å². The van der Waals surface area contributed by atoms with Gasteiger partial charge < -0.3 is 9.84 Å². The van der Waals surface area contributed by atoms with E-state index in [-0.39, 0.29) is 24.4 Å². The molecule has 0 spiro atoms. The molecule has 2 aromatic carbocycles. The van der Waals surface area contributed by atoms with Crippen molar-refractivity contribution in [2.75, 3.05) is 0 Å². The fourth-order valence-corrected chi connectivity index (χ4v) is 3.03. The van der Waals surface area contributed by atoms with Crippen LogP contribution in [-0.4, -0.2) is 16.9 Å². The van der Waals surface area contributed by atoms with E-state index in [9.17, 15) is 14.7 Å². The number of ether oxygens (including phenoxy) is 1. The van der Waals surface area contributed by atoms with Gasteiger partial charge in [0.15, 0.2) is 0 Å². The molecule has 1 N–H and O–H groups in total. The number of carbonyl (C=O) groups excluding carboxylic acids is 2. The molecule has 1 saturated heterocycles. The van der Waals surface area contributed by atoms with Gasteiger partial charge in [0.25, 0.3) is 0 Å². The smallest absolute Gasteiger partial charge is 0.314 e. The second-order valence-electron chi connectivity index (χ2n) is 5.89. The topological polar surface area (TPSA) is 63.6 Å². The average Bonchev–Trinajstić information content (AvgIpc) is 2.54. The molecular formula is C19H18O4. The van der Waals surface area contributed by atoms with Crippen LogP contribution in [0.2, 0.25) is 0 Å². The fourth-order valence-electron chi connectivity index (χ4n) is 3.03. The van der Waals surface area contributed by atoms with Crippen molar-refractivity contribution in [1.82, 2.24) is 0 Å². The number of aryl methyl sites for hydroxylation is 1. The number of phenols is 1. The van der Waals surface area contributed by atoms with Gasteiger partial charge in [-0.25, -0.2) is 0 Å². The third kappa shape index (κ3) is 3.42. The van der Waals surface area contributed by atoms with Crippen LogP contribution in [-0.2, 0) is 26.3 Å². The minimum Gasteiger partial charge on any atom is -0.508 e. The van der Waals surface area contributed by atoms with Crippen LogP contribution in [0, 0.1) is 0 Å². The SMILES string of the molecule is O=C1CC(=O)OC(CCc2ccc(O)cc2)(c2ccccc2)C1. The number of cyclic esters (lactones) is 1. The molecule has 3 rings (SSSR count). The summed E-state index contributed by atoms with van der Waals surface area (Å²) in [4.78, 5) is 23.8. The van der Waals surface area contributed by atoms with E-state index in [1.54, 1.807) is 12.1 Å². The first-order valence-electron chi connectivity index (χ1n) is 7.64. The molecule has 1 atom stereocenters. The highest BCUT2D eigenvalue weighted by molar-refractivity contribution is 5.98. The van der Waals surface area contributed by atoms with Gasteiger partial charge in [-0.05, 0) is 36.1 Å². The van der Waals surface area contributed by atoms with Gasteiger partial charge in [0.1, 0.15) is 23.6 Å². The lowest BCUT2D eigenvalue weighted by molar-refractivity contribution is -0.172. The Morgan fingerprint density at radius 1 is 1.00 bits per heavy atom. The van der Waals surface area contributed by atoms with Crippen LogP contribution in [0.1, 0.15) is 30.4 Å². The maximum Gasteiger partial charge on any atom is 0.314 e. The van der Waals surface area contributed by atoms with E-state index < -0.39 is 11.6 Å². The molecule has 4 nitrogen and oxygen atoms in total. The normalized spacial score (nSPS) is 21.0. The van der Waals surface area contributed by atoms with Gasteiger partial charge in [0, 0.05) is 0 Å². The largest absolute Gasteiger partial charge is 0.508 e. The van der Waals surface area contributed by atoms with Crippen molar-refractivity contribution in [1.29, 1.82) is 0 Å². The number of hydrogen-bond acceptors (Lipinski definition) is 4. The molecule has 1 aliphatic rings. The Bertz CT molecular complexity index is 688. The third-order valence-electron chi connectivity index (χ3n) is 4.19. The summed E-state index contributed by atoms with van der Waals surface area (Å²) in [5, 5.41) is 9.36. The van der Waals surface area contributed by atoms with Crippen LogP contribution < -0.4 is 0 Å². The van der Waals surface area contributed by atoms with E-state index in [0.717, 1.165) is 11.1 Å². The van der Waals surface area contributed by atoms with Crippen LogP contribution in [0.15, 0.2) is 54.6 Å². The number of Topliss-reactive ketones (excluding diaryl/α,β-unsaturated/α-hetero) is 1. The Morgan fingerprint density at radius 3 is 2.35 bits per heavy atom. The highest BCUT2D eigenvalue weighted by Gasteiger charge is 2.42. The maximum absolute atomic E-state index is 12.0. The molecular weight excluding hydrogens is 292 g/mol.